The van der Waals surface area contributed by atoms with Crippen LogP contribution in [0.3, 0.4) is 0 Å². The molecule has 16 heavy (non-hydrogen) atoms. The number of carbonyl (C=O) groups excluding carboxylic acids is 1. The fourth-order valence-corrected chi connectivity index (χ4v) is 1.75. The Balaban J connectivity index is 3.16. The molecule has 0 aromatic rings. The topological polar surface area (TPSA) is 26.3 Å². The van der Waals surface area contributed by atoms with Crippen molar-refractivity contribution in [2.24, 2.45) is 0 Å². The number of rotatable bonds is 9. The van der Waals surface area contributed by atoms with Gasteiger partial charge in [-0.2, -0.15) is 0 Å². The number of unbranched alkanes of at least 4 members (excludes halogenated alkanes) is 3. The zero-order valence-corrected chi connectivity index (χ0v) is 10.6. The average molecular weight is 248 g/mol. The lowest BCUT2D eigenvalue weighted by Crippen LogP contribution is -2.06. The van der Waals surface area contributed by atoms with Crippen molar-refractivity contribution in [3.8, 4) is 0 Å². The molecule has 0 aliphatic carbocycles. The van der Waals surface area contributed by atoms with E-state index in [-0.39, 0.29) is 15.5 Å². The van der Waals surface area contributed by atoms with Crippen molar-refractivity contribution in [2.75, 3.05) is 6.61 Å². The smallest absolute Gasteiger partial charge is 0.333 e. The minimum Gasteiger partial charge on any atom is -0.462 e. The van der Waals surface area contributed by atoms with Crippen molar-refractivity contribution in [3.63, 3.8) is 0 Å². The van der Waals surface area contributed by atoms with Crippen LogP contribution in [0.4, 0.5) is 8.78 Å². The van der Waals surface area contributed by atoms with E-state index in [0.29, 0.717) is 18.2 Å². The first kappa shape index (κ1) is 15.3. The van der Waals surface area contributed by atoms with Gasteiger partial charge in [0.15, 0.2) is 0 Å². The van der Waals surface area contributed by atoms with E-state index < -0.39 is 6.05 Å². The summed E-state index contributed by atoms with van der Waals surface area (Å²) in [6.07, 6.45) is 3.45. The number of esters is 1. The molecule has 0 N–H and O–H groups in total. The second-order valence-electron chi connectivity index (χ2n) is 3.59. The normalized spacial score (nSPS) is 10.5. The first-order chi connectivity index (χ1) is 7.54. The van der Waals surface area contributed by atoms with Crippen LogP contribution in [-0.4, -0.2) is 28.1 Å². The van der Waals surface area contributed by atoms with Gasteiger partial charge in [-0.3, -0.25) is 0 Å². The molecule has 0 atom stereocenters. The molecule has 0 aliphatic rings. The molecule has 0 aromatic carbocycles. The van der Waals surface area contributed by atoms with Crippen molar-refractivity contribution in [1.82, 2.24) is 0 Å². The Hall–Kier alpha value is -0.713. The Morgan fingerprint density at radius 3 is 2.50 bits per heavy atom. The summed E-state index contributed by atoms with van der Waals surface area (Å²) in [7, 11) is -0.237. The third-order valence-corrected chi connectivity index (χ3v) is 2.90. The SMILES string of the molecule is C=C(C)C(=O)OCCCCCC[Si]C(F)F. The highest BCUT2D eigenvalue weighted by Crippen LogP contribution is 2.06. The van der Waals surface area contributed by atoms with Crippen molar-refractivity contribution >= 4 is 15.5 Å². The summed E-state index contributed by atoms with van der Waals surface area (Å²) < 4.78 is 28.4. The van der Waals surface area contributed by atoms with Gasteiger partial charge >= 0.3 is 5.97 Å². The minimum absolute atomic E-state index is 0.237. The number of ether oxygens (including phenoxy) is 1. The molecule has 0 unspecified atom stereocenters. The second-order valence-corrected chi connectivity index (χ2v) is 4.93. The maximum atomic E-state index is 11.8. The molecule has 0 aromatic heterocycles. The predicted octanol–water partition coefficient (Wildman–Crippen LogP) is 3.01. The van der Waals surface area contributed by atoms with Gasteiger partial charge in [-0.15, -0.1) is 0 Å². The maximum absolute atomic E-state index is 11.8. The molecule has 92 valence electrons. The van der Waals surface area contributed by atoms with E-state index in [1.165, 1.54) is 0 Å². The van der Waals surface area contributed by atoms with Gasteiger partial charge in [-0.1, -0.05) is 31.9 Å². The first-order valence-electron chi connectivity index (χ1n) is 5.38. The molecule has 0 spiro atoms. The highest BCUT2D eigenvalue weighted by atomic mass is 28.2. The average Bonchev–Trinajstić information content (AvgIpc) is 2.21. The zero-order valence-electron chi connectivity index (χ0n) is 9.60. The molecule has 0 rings (SSSR count). The van der Waals surface area contributed by atoms with Crippen molar-refractivity contribution < 1.29 is 18.3 Å². The zero-order chi connectivity index (χ0) is 12.4. The van der Waals surface area contributed by atoms with Crippen LogP contribution in [0, 0.1) is 0 Å². The van der Waals surface area contributed by atoms with Crippen LogP contribution in [0.1, 0.15) is 32.6 Å². The Bertz CT molecular complexity index is 220. The highest BCUT2D eigenvalue weighted by molar-refractivity contribution is 6.36. The molecule has 0 bridgehead atoms. The summed E-state index contributed by atoms with van der Waals surface area (Å²) in [4.78, 5) is 10.9. The molecular weight excluding hydrogens is 230 g/mol. The van der Waals surface area contributed by atoms with Crippen LogP contribution < -0.4 is 0 Å². The van der Waals surface area contributed by atoms with Crippen molar-refractivity contribution in [2.45, 2.75) is 44.7 Å². The lowest BCUT2D eigenvalue weighted by atomic mass is 10.2. The molecule has 2 nitrogen and oxygen atoms in total. The molecule has 0 saturated carbocycles. The quantitative estimate of drug-likeness (QED) is 0.271. The Kier molecular flexibility index (Phi) is 9.08. The van der Waals surface area contributed by atoms with E-state index >= 15 is 0 Å². The third kappa shape index (κ3) is 9.83. The van der Waals surface area contributed by atoms with Crippen LogP contribution in [0.5, 0.6) is 0 Å². The van der Waals surface area contributed by atoms with Crippen molar-refractivity contribution in [3.05, 3.63) is 12.2 Å². The number of halogens is 2. The summed E-state index contributed by atoms with van der Waals surface area (Å²) in [6, 6.07) is -1.56. The summed E-state index contributed by atoms with van der Waals surface area (Å²) >= 11 is 0. The van der Waals surface area contributed by atoms with Gasteiger partial charge in [0.05, 0.1) is 6.61 Å². The van der Waals surface area contributed by atoms with E-state index in [9.17, 15) is 13.6 Å². The van der Waals surface area contributed by atoms with E-state index in [2.05, 4.69) is 6.58 Å². The summed E-state index contributed by atoms with van der Waals surface area (Å²) in [5.74, 6) is -0.362. The van der Waals surface area contributed by atoms with E-state index in [0.717, 1.165) is 25.7 Å². The number of hydrogen-bond donors (Lipinski definition) is 0. The first-order valence-corrected chi connectivity index (χ1v) is 6.66. The van der Waals surface area contributed by atoms with Gasteiger partial charge < -0.3 is 4.74 Å². The fourth-order valence-electron chi connectivity index (χ4n) is 1.08. The van der Waals surface area contributed by atoms with Gasteiger partial charge in [0, 0.05) is 5.57 Å². The molecule has 2 radical (unpaired) electrons. The van der Waals surface area contributed by atoms with Crippen LogP contribution in [0.15, 0.2) is 12.2 Å². The molecule has 0 amide bonds. The third-order valence-electron chi connectivity index (χ3n) is 1.95. The summed E-state index contributed by atoms with van der Waals surface area (Å²) in [5, 5.41) is 0. The molecule has 0 aliphatic heterocycles. The van der Waals surface area contributed by atoms with Gasteiger partial charge in [-0.25, -0.2) is 13.6 Å². The Morgan fingerprint density at radius 2 is 1.94 bits per heavy atom. The standard InChI is InChI=1S/C11H18F2O2Si/c1-9(2)10(14)15-7-5-3-4-6-8-16-11(12)13/h11H,1,3-8H2,2H3. The van der Waals surface area contributed by atoms with Gasteiger partial charge in [0.2, 0.25) is 6.05 Å². The molecule has 0 heterocycles. The van der Waals surface area contributed by atoms with Crippen LogP contribution >= 0.6 is 0 Å². The predicted molar refractivity (Wildman–Crippen MR) is 60.8 cm³/mol. The van der Waals surface area contributed by atoms with Gasteiger partial charge in [0.25, 0.3) is 0 Å². The van der Waals surface area contributed by atoms with Gasteiger partial charge in [-0.05, 0) is 13.3 Å². The molecule has 5 heteroatoms. The Labute approximate surface area is 97.9 Å². The van der Waals surface area contributed by atoms with Crippen LogP contribution in [0.25, 0.3) is 0 Å². The molecule has 0 saturated heterocycles. The second kappa shape index (κ2) is 9.51. The Morgan fingerprint density at radius 1 is 1.31 bits per heavy atom. The molecule has 0 fully saturated rings. The number of alkyl halides is 2. The lowest BCUT2D eigenvalue weighted by molar-refractivity contribution is -0.139. The summed E-state index contributed by atoms with van der Waals surface area (Å²) in [5.41, 5.74) is 0.401. The van der Waals surface area contributed by atoms with E-state index in [1.54, 1.807) is 6.92 Å². The number of hydrogen-bond acceptors (Lipinski definition) is 2. The lowest BCUT2D eigenvalue weighted by Gasteiger charge is -2.04. The number of carbonyl (C=O) groups is 1. The van der Waals surface area contributed by atoms with E-state index in [1.807, 2.05) is 0 Å². The largest absolute Gasteiger partial charge is 0.462 e. The molecular formula is C11H18F2O2Si. The minimum atomic E-state index is -2.16. The van der Waals surface area contributed by atoms with Crippen molar-refractivity contribution in [1.29, 1.82) is 0 Å². The van der Waals surface area contributed by atoms with Crippen LogP contribution in [0.2, 0.25) is 6.04 Å². The fraction of sp³-hybridized carbons (Fsp3) is 0.727. The van der Waals surface area contributed by atoms with Gasteiger partial charge in [0.1, 0.15) is 9.52 Å². The maximum Gasteiger partial charge on any atom is 0.333 e. The van der Waals surface area contributed by atoms with Crippen LogP contribution in [-0.2, 0) is 9.53 Å². The summed E-state index contributed by atoms with van der Waals surface area (Å²) in [6.45, 7) is 5.46. The highest BCUT2D eigenvalue weighted by Gasteiger charge is 2.03. The monoisotopic (exact) mass is 248 g/mol. The van der Waals surface area contributed by atoms with E-state index in [4.69, 9.17) is 4.74 Å².